The normalized spacial score (nSPS) is 9.93. The van der Waals surface area contributed by atoms with Crippen molar-refractivity contribution in [3.8, 4) is 17.2 Å². The second-order valence-electron chi connectivity index (χ2n) is 2.81. The van der Waals surface area contributed by atoms with Gasteiger partial charge in [-0.05, 0) is 28.7 Å². The molecule has 0 saturated heterocycles. The summed E-state index contributed by atoms with van der Waals surface area (Å²) >= 11 is 2.20. The molecule has 2 N–H and O–H groups in total. The van der Waals surface area contributed by atoms with E-state index in [1.165, 1.54) is 0 Å². The van der Waals surface area contributed by atoms with Gasteiger partial charge in [0, 0.05) is 15.7 Å². The van der Waals surface area contributed by atoms with E-state index in [1.54, 1.807) is 21.3 Å². The molecule has 5 heteroatoms. The Bertz CT molecular complexity index is 355. The molecule has 1 aromatic rings. The Kier molecular flexibility index (Phi) is 4.46. The molecule has 0 heterocycles. The number of rotatable bonds is 4. The van der Waals surface area contributed by atoms with E-state index in [4.69, 9.17) is 19.9 Å². The minimum Gasteiger partial charge on any atom is -0.493 e. The van der Waals surface area contributed by atoms with Crippen molar-refractivity contribution in [2.24, 2.45) is 5.73 Å². The quantitative estimate of drug-likeness (QED) is 0.858. The summed E-state index contributed by atoms with van der Waals surface area (Å²) in [6.45, 7) is 0.405. The number of nitrogens with two attached hydrogens (primary N) is 1. The lowest BCUT2D eigenvalue weighted by molar-refractivity contribution is 0.321. The number of methoxy groups -OCH3 is 3. The molecule has 84 valence electrons. The summed E-state index contributed by atoms with van der Waals surface area (Å²) in [6, 6.07) is 1.88. The minimum absolute atomic E-state index is 0.405. The predicted octanol–water partition coefficient (Wildman–Crippen LogP) is 1.78. The molecule has 0 spiro atoms. The topological polar surface area (TPSA) is 53.7 Å². The van der Waals surface area contributed by atoms with Gasteiger partial charge in [0.2, 0.25) is 5.75 Å². The molecule has 0 aromatic heterocycles. The predicted molar refractivity (Wildman–Crippen MR) is 66.7 cm³/mol. The van der Waals surface area contributed by atoms with E-state index < -0.39 is 0 Å². The summed E-state index contributed by atoms with van der Waals surface area (Å²) in [6.07, 6.45) is 0. The Labute approximate surface area is 103 Å². The highest BCUT2D eigenvalue weighted by molar-refractivity contribution is 14.1. The maximum absolute atomic E-state index is 5.66. The summed E-state index contributed by atoms with van der Waals surface area (Å²) < 4.78 is 16.8. The minimum atomic E-state index is 0.405. The molecule has 0 amide bonds. The number of hydrogen-bond acceptors (Lipinski definition) is 4. The van der Waals surface area contributed by atoms with Gasteiger partial charge in [-0.3, -0.25) is 0 Å². The van der Waals surface area contributed by atoms with Crippen LogP contribution in [0, 0.1) is 3.57 Å². The number of halogens is 1. The lowest BCUT2D eigenvalue weighted by Gasteiger charge is -2.16. The maximum atomic E-state index is 5.66. The van der Waals surface area contributed by atoms with E-state index in [-0.39, 0.29) is 0 Å². The van der Waals surface area contributed by atoms with E-state index in [0.717, 1.165) is 9.13 Å². The van der Waals surface area contributed by atoms with Gasteiger partial charge < -0.3 is 19.9 Å². The van der Waals surface area contributed by atoms with Crippen molar-refractivity contribution < 1.29 is 14.2 Å². The van der Waals surface area contributed by atoms with Crippen LogP contribution in [0.2, 0.25) is 0 Å². The highest BCUT2D eigenvalue weighted by Crippen LogP contribution is 2.42. The van der Waals surface area contributed by atoms with Crippen molar-refractivity contribution in [1.82, 2.24) is 0 Å². The monoisotopic (exact) mass is 323 g/mol. The van der Waals surface area contributed by atoms with Crippen molar-refractivity contribution in [2.75, 3.05) is 21.3 Å². The van der Waals surface area contributed by atoms with Crippen LogP contribution in [0.4, 0.5) is 0 Å². The summed E-state index contributed by atoms with van der Waals surface area (Å²) in [4.78, 5) is 0. The fraction of sp³-hybridized carbons (Fsp3) is 0.400. The van der Waals surface area contributed by atoms with Gasteiger partial charge in [0.1, 0.15) is 0 Å². The van der Waals surface area contributed by atoms with Gasteiger partial charge in [0.15, 0.2) is 11.5 Å². The SMILES string of the molecule is COc1cc(I)c(CN)c(OC)c1OC. The van der Waals surface area contributed by atoms with Crippen LogP contribution in [0.15, 0.2) is 6.07 Å². The van der Waals surface area contributed by atoms with Crippen LogP contribution >= 0.6 is 22.6 Å². The molecule has 0 saturated carbocycles. The number of benzene rings is 1. The first-order chi connectivity index (χ1) is 7.19. The van der Waals surface area contributed by atoms with Crippen LogP contribution in [0.25, 0.3) is 0 Å². The van der Waals surface area contributed by atoms with Gasteiger partial charge in [0.05, 0.1) is 21.3 Å². The zero-order valence-electron chi connectivity index (χ0n) is 8.96. The molecule has 15 heavy (non-hydrogen) atoms. The molecule has 0 bridgehead atoms. The first kappa shape index (κ1) is 12.4. The van der Waals surface area contributed by atoms with Gasteiger partial charge in [-0.1, -0.05) is 0 Å². The molecule has 0 atom stereocenters. The Hall–Kier alpha value is -0.690. The van der Waals surface area contributed by atoms with Gasteiger partial charge in [0.25, 0.3) is 0 Å². The van der Waals surface area contributed by atoms with E-state index in [0.29, 0.717) is 23.8 Å². The van der Waals surface area contributed by atoms with E-state index in [1.807, 2.05) is 6.07 Å². The Morgan fingerprint density at radius 2 is 1.73 bits per heavy atom. The van der Waals surface area contributed by atoms with Gasteiger partial charge in [-0.2, -0.15) is 0 Å². The first-order valence-corrected chi connectivity index (χ1v) is 5.44. The fourth-order valence-corrected chi connectivity index (χ4v) is 2.12. The molecule has 0 aliphatic carbocycles. The van der Waals surface area contributed by atoms with E-state index in [9.17, 15) is 0 Å². The van der Waals surface area contributed by atoms with E-state index >= 15 is 0 Å². The third kappa shape index (κ3) is 2.28. The van der Waals surface area contributed by atoms with Crippen molar-refractivity contribution in [1.29, 1.82) is 0 Å². The van der Waals surface area contributed by atoms with Crippen LogP contribution in [-0.4, -0.2) is 21.3 Å². The molecule has 0 fully saturated rings. The van der Waals surface area contributed by atoms with Crippen molar-refractivity contribution >= 4 is 22.6 Å². The highest BCUT2D eigenvalue weighted by atomic mass is 127. The van der Waals surface area contributed by atoms with Gasteiger partial charge in [-0.25, -0.2) is 0 Å². The third-order valence-corrected chi connectivity index (χ3v) is 3.04. The molecule has 0 radical (unpaired) electrons. The van der Waals surface area contributed by atoms with Crippen LogP contribution in [0.1, 0.15) is 5.56 Å². The Morgan fingerprint density at radius 1 is 1.13 bits per heavy atom. The number of hydrogen-bond donors (Lipinski definition) is 1. The van der Waals surface area contributed by atoms with Crippen LogP contribution in [-0.2, 0) is 6.54 Å². The number of ether oxygens (including phenoxy) is 3. The summed E-state index contributed by atoms with van der Waals surface area (Å²) in [5.74, 6) is 1.88. The molecule has 1 rings (SSSR count). The van der Waals surface area contributed by atoms with Crippen LogP contribution in [0.5, 0.6) is 17.2 Å². The van der Waals surface area contributed by atoms with Crippen LogP contribution in [0.3, 0.4) is 0 Å². The molecule has 4 nitrogen and oxygen atoms in total. The second kappa shape index (κ2) is 5.41. The summed E-state index contributed by atoms with van der Waals surface area (Å²) in [5.41, 5.74) is 6.59. The average Bonchev–Trinajstić information content (AvgIpc) is 2.27. The maximum Gasteiger partial charge on any atom is 0.203 e. The Morgan fingerprint density at radius 3 is 2.13 bits per heavy atom. The lowest BCUT2D eigenvalue weighted by atomic mass is 10.1. The molecule has 0 unspecified atom stereocenters. The fourth-order valence-electron chi connectivity index (χ4n) is 1.38. The average molecular weight is 323 g/mol. The van der Waals surface area contributed by atoms with Crippen molar-refractivity contribution in [3.63, 3.8) is 0 Å². The van der Waals surface area contributed by atoms with Crippen molar-refractivity contribution in [3.05, 3.63) is 15.2 Å². The first-order valence-electron chi connectivity index (χ1n) is 4.37. The molecular weight excluding hydrogens is 309 g/mol. The zero-order chi connectivity index (χ0) is 11.4. The molecular formula is C10H14INO3. The van der Waals surface area contributed by atoms with E-state index in [2.05, 4.69) is 22.6 Å². The zero-order valence-corrected chi connectivity index (χ0v) is 11.1. The summed E-state index contributed by atoms with van der Waals surface area (Å²) in [5, 5.41) is 0. The standard InChI is InChI=1S/C10H14INO3/c1-13-8-4-7(11)6(5-12)9(14-2)10(8)15-3/h4H,5,12H2,1-3H3. The van der Waals surface area contributed by atoms with Gasteiger partial charge in [-0.15, -0.1) is 0 Å². The second-order valence-corrected chi connectivity index (χ2v) is 3.97. The lowest BCUT2D eigenvalue weighted by Crippen LogP contribution is -2.05. The highest BCUT2D eigenvalue weighted by Gasteiger charge is 2.18. The van der Waals surface area contributed by atoms with Gasteiger partial charge >= 0.3 is 0 Å². The largest absolute Gasteiger partial charge is 0.493 e. The molecule has 1 aromatic carbocycles. The third-order valence-electron chi connectivity index (χ3n) is 2.08. The summed E-state index contributed by atoms with van der Waals surface area (Å²) in [7, 11) is 4.76. The molecule has 0 aliphatic heterocycles. The smallest absolute Gasteiger partial charge is 0.203 e. The van der Waals surface area contributed by atoms with Crippen molar-refractivity contribution in [2.45, 2.75) is 6.54 Å². The Balaban J connectivity index is 3.44. The molecule has 0 aliphatic rings. The van der Waals surface area contributed by atoms with Crippen LogP contribution < -0.4 is 19.9 Å².